The van der Waals surface area contributed by atoms with Gasteiger partial charge in [-0.25, -0.2) is 4.79 Å². The first kappa shape index (κ1) is 8.26. The summed E-state index contributed by atoms with van der Waals surface area (Å²) < 4.78 is 0. The van der Waals surface area contributed by atoms with Crippen LogP contribution in [0.25, 0.3) is 6.08 Å². The maximum Gasteiger partial charge on any atom is 0.337 e. The first-order chi connectivity index (χ1) is 5.74. The van der Waals surface area contributed by atoms with Gasteiger partial charge in [0.2, 0.25) is 0 Å². The Bertz CT molecular complexity index is 303. The van der Waals surface area contributed by atoms with Crippen molar-refractivity contribution in [3.8, 4) is 0 Å². The largest absolute Gasteiger partial charge is 0.478 e. The van der Waals surface area contributed by atoms with Gasteiger partial charge >= 0.3 is 5.97 Å². The first-order valence-electron chi connectivity index (χ1n) is 3.31. The second-order valence-corrected chi connectivity index (χ2v) is 2.14. The van der Waals surface area contributed by atoms with E-state index < -0.39 is 5.97 Å². The molecule has 0 fully saturated rings. The standard InChI is InChI=1S/C8H8N2O2/c9-4-3-7-2-1-6(5-10-7)8(11)12/h1-5H,9H2,(H,11,12)/b4-3-. The summed E-state index contributed by atoms with van der Waals surface area (Å²) in [5.74, 6) is -0.981. The third-order valence-electron chi connectivity index (χ3n) is 1.30. The van der Waals surface area contributed by atoms with Crippen molar-refractivity contribution in [3.05, 3.63) is 35.8 Å². The van der Waals surface area contributed by atoms with Crippen molar-refractivity contribution in [2.24, 2.45) is 5.73 Å². The van der Waals surface area contributed by atoms with E-state index in [4.69, 9.17) is 10.8 Å². The van der Waals surface area contributed by atoms with Gasteiger partial charge in [0, 0.05) is 6.20 Å². The molecule has 0 atom stereocenters. The fourth-order valence-corrected chi connectivity index (χ4v) is 0.729. The van der Waals surface area contributed by atoms with Crippen molar-refractivity contribution >= 4 is 12.0 Å². The minimum Gasteiger partial charge on any atom is -0.478 e. The molecule has 0 amide bonds. The molecule has 4 heteroatoms. The molecule has 0 unspecified atom stereocenters. The second kappa shape index (κ2) is 3.52. The minimum absolute atomic E-state index is 0.171. The number of carboxylic acid groups (broad SMARTS) is 1. The number of hydrogen-bond acceptors (Lipinski definition) is 3. The predicted octanol–water partition coefficient (Wildman–Crippen LogP) is 0.709. The maximum atomic E-state index is 10.4. The van der Waals surface area contributed by atoms with Gasteiger partial charge in [-0.15, -0.1) is 0 Å². The molecule has 0 saturated heterocycles. The Morgan fingerprint density at radius 2 is 2.33 bits per heavy atom. The molecule has 0 radical (unpaired) electrons. The number of pyridine rings is 1. The number of carboxylic acids is 1. The van der Waals surface area contributed by atoms with Gasteiger partial charge in [0.05, 0.1) is 11.3 Å². The molecule has 0 aliphatic carbocycles. The van der Waals surface area contributed by atoms with Crippen molar-refractivity contribution in [1.82, 2.24) is 4.98 Å². The van der Waals surface area contributed by atoms with Crippen molar-refractivity contribution in [3.63, 3.8) is 0 Å². The van der Waals surface area contributed by atoms with Crippen LogP contribution >= 0.6 is 0 Å². The topological polar surface area (TPSA) is 76.2 Å². The summed E-state index contributed by atoms with van der Waals surface area (Å²) >= 11 is 0. The normalized spacial score (nSPS) is 10.3. The van der Waals surface area contributed by atoms with Gasteiger partial charge in [0.1, 0.15) is 0 Å². The number of aromatic carboxylic acids is 1. The molecule has 12 heavy (non-hydrogen) atoms. The van der Waals surface area contributed by atoms with Crippen LogP contribution in [0.2, 0.25) is 0 Å². The minimum atomic E-state index is -0.981. The van der Waals surface area contributed by atoms with E-state index in [2.05, 4.69) is 4.98 Å². The maximum absolute atomic E-state index is 10.4. The molecule has 1 heterocycles. The summed E-state index contributed by atoms with van der Waals surface area (Å²) in [5.41, 5.74) is 5.93. The quantitative estimate of drug-likeness (QED) is 0.674. The van der Waals surface area contributed by atoms with Gasteiger partial charge in [0.15, 0.2) is 0 Å². The molecule has 0 aliphatic rings. The number of rotatable bonds is 2. The Kier molecular flexibility index (Phi) is 2.42. The molecular formula is C8H8N2O2. The lowest BCUT2D eigenvalue weighted by Gasteiger charge is -1.93. The first-order valence-corrected chi connectivity index (χ1v) is 3.31. The van der Waals surface area contributed by atoms with Gasteiger partial charge in [0.25, 0.3) is 0 Å². The molecule has 0 aliphatic heterocycles. The molecule has 1 aromatic rings. The van der Waals surface area contributed by atoms with Crippen LogP contribution in [0.1, 0.15) is 16.1 Å². The zero-order chi connectivity index (χ0) is 8.97. The van der Waals surface area contributed by atoms with Gasteiger partial charge in [-0.1, -0.05) is 0 Å². The average Bonchev–Trinajstić information content (AvgIpc) is 2.06. The molecule has 3 N–H and O–H groups in total. The highest BCUT2D eigenvalue weighted by Crippen LogP contribution is 2.00. The van der Waals surface area contributed by atoms with Crippen molar-refractivity contribution in [2.45, 2.75) is 0 Å². The number of aromatic nitrogens is 1. The number of nitrogens with zero attached hydrogens (tertiary/aromatic N) is 1. The molecule has 1 rings (SSSR count). The Balaban J connectivity index is 2.93. The molecule has 0 saturated carbocycles. The number of hydrogen-bond donors (Lipinski definition) is 2. The van der Waals surface area contributed by atoms with E-state index in [0.717, 1.165) is 0 Å². The summed E-state index contributed by atoms with van der Waals surface area (Å²) in [5, 5.41) is 8.52. The van der Waals surface area contributed by atoms with Gasteiger partial charge in [-0.2, -0.15) is 0 Å². The molecule has 0 bridgehead atoms. The predicted molar refractivity (Wildman–Crippen MR) is 44.4 cm³/mol. The van der Waals surface area contributed by atoms with E-state index in [9.17, 15) is 4.79 Å². The Labute approximate surface area is 69.4 Å². The SMILES string of the molecule is N/C=C\c1ccc(C(=O)O)cn1. The molecule has 0 spiro atoms. The fraction of sp³-hybridized carbons (Fsp3) is 0. The summed E-state index contributed by atoms with van der Waals surface area (Å²) in [7, 11) is 0. The molecule has 62 valence electrons. The lowest BCUT2D eigenvalue weighted by Crippen LogP contribution is -1.96. The highest BCUT2D eigenvalue weighted by Gasteiger charge is 2.00. The van der Waals surface area contributed by atoms with Crippen LogP contribution in [0.3, 0.4) is 0 Å². The smallest absolute Gasteiger partial charge is 0.337 e. The lowest BCUT2D eigenvalue weighted by atomic mass is 10.2. The lowest BCUT2D eigenvalue weighted by molar-refractivity contribution is 0.0696. The van der Waals surface area contributed by atoms with Gasteiger partial charge < -0.3 is 10.8 Å². The van der Waals surface area contributed by atoms with Crippen LogP contribution in [-0.4, -0.2) is 16.1 Å². The Morgan fingerprint density at radius 1 is 1.58 bits per heavy atom. The zero-order valence-corrected chi connectivity index (χ0v) is 6.27. The van der Waals surface area contributed by atoms with E-state index >= 15 is 0 Å². The molecule has 0 aromatic carbocycles. The summed E-state index contributed by atoms with van der Waals surface area (Å²) in [6, 6.07) is 3.07. The average molecular weight is 164 g/mol. The van der Waals surface area contributed by atoms with Crippen LogP contribution < -0.4 is 5.73 Å². The van der Waals surface area contributed by atoms with Gasteiger partial charge in [-0.3, -0.25) is 4.98 Å². The number of nitrogens with two attached hydrogens (primary N) is 1. The highest BCUT2D eigenvalue weighted by atomic mass is 16.4. The third-order valence-corrected chi connectivity index (χ3v) is 1.30. The van der Waals surface area contributed by atoms with Crippen LogP contribution in [0, 0.1) is 0 Å². The van der Waals surface area contributed by atoms with E-state index in [1.165, 1.54) is 18.5 Å². The number of carbonyl (C=O) groups is 1. The van der Waals surface area contributed by atoms with E-state index in [-0.39, 0.29) is 5.56 Å². The highest BCUT2D eigenvalue weighted by molar-refractivity contribution is 5.87. The van der Waals surface area contributed by atoms with Crippen molar-refractivity contribution in [2.75, 3.05) is 0 Å². The van der Waals surface area contributed by atoms with Crippen molar-refractivity contribution in [1.29, 1.82) is 0 Å². The summed E-state index contributed by atoms with van der Waals surface area (Å²) in [4.78, 5) is 14.2. The van der Waals surface area contributed by atoms with Crippen LogP contribution in [-0.2, 0) is 0 Å². The fourth-order valence-electron chi connectivity index (χ4n) is 0.729. The molecule has 4 nitrogen and oxygen atoms in total. The second-order valence-electron chi connectivity index (χ2n) is 2.14. The third kappa shape index (κ3) is 1.82. The summed E-state index contributed by atoms with van der Waals surface area (Å²) in [6.07, 6.45) is 4.23. The summed E-state index contributed by atoms with van der Waals surface area (Å²) in [6.45, 7) is 0. The Hall–Kier alpha value is -1.84. The van der Waals surface area contributed by atoms with Crippen molar-refractivity contribution < 1.29 is 9.90 Å². The Morgan fingerprint density at radius 3 is 2.75 bits per heavy atom. The van der Waals surface area contributed by atoms with E-state index in [1.807, 2.05) is 0 Å². The van der Waals surface area contributed by atoms with Gasteiger partial charge in [-0.05, 0) is 24.4 Å². The van der Waals surface area contributed by atoms with Crippen LogP contribution in [0.15, 0.2) is 24.5 Å². The zero-order valence-electron chi connectivity index (χ0n) is 6.27. The van der Waals surface area contributed by atoms with Crippen LogP contribution in [0.5, 0.6) is 0 Å². The molecular weight excluding hydrogens is 156 g/mol. The van der Waals surface area contributed by atoms with E-state index in [0.29, 0.717) is 5.69 Å². The molecule has 1 aromatic heterocycles. The van der Waals surface area contributed by atoms with E-state index in [1.54, 1.807) is 12.1 Å². The monoisotopic (exact) mass is 164 g/mol. The van der Waals surface area contributed by atoms with Crippen LogP contribution in [0.4, 0.5) is 0 Å².